The predicted octanol–water partition coefficient (Wildman–Crippen LogP) is 5.01. The fraction of sp³-hybridized carbons (Fsp3) is 0.200. The molecule has 0 atom stereocenters. The summed E-state index contributed by atoms with van der Waals surface area (Å²) in [6.07, 6.45) is 0. The summed E-state index contributed by atoms with van der Waals surface area (Å²) in [5.74, 6) is 1.19. The van der Waals surface area contributed by atoms with Crippen LogP contribution in [0.15, 0.2) is 60.7 Å². The molecule has 0 saturated carbocycles. The van der Waals surface area contributed by atoms with Crippen LogP contribution in [0, 0.1) is 6.92 Å². The van der Waals surface area contributed by atoms with E-state index in [4.69, 9.17) is 18.1 Å². The van der Waals surface area contributed by atoms with Crippen molar-refractivity contribution in [2.75, 3.05) is 14.2 Å². The van der Waals surface area contributed by atoms with Crippen molar-refractivity contribution in [1.82, 2.24) is 9.54 Å². The van der Waals surface area contributed by atoms with Crippen molar-refractivity contribution in [3.63, 3.8) is 0 Å². The molecule has 0 radical (unpaired) electrons. The van der Waals surface area contributed by atoms with Crippen LogP contribution in [0.2, 0.25) is 0 Å². The van der Waals surface area contributed by atoms with Gasteiger partial charge in [-0.2, -0.15) is 0 Å². The zero-order valence-electron chi connectivity index (χ0n) is 16.2. The Bertz CT molecular complexity index is 975. The molecule has 0 N–H and O–H groups in total. The summed E-state index contributed by atoms with van der Waals surface area (Å²) in [6.45, 7) is 1.91. The molecule has 0 spiro atoms. The van der Waals surface area contributed by atoms with Crippen LogP contribution in [0.25, 0.3) is 11.5 Å². The molecule has 8 heteroatoms. The molecule has 1 aliphatic heterocycles. The second kappa shape index (κ2) is 6.98. The van der Waals surface area contributed by atoms with E-state index in [1.807, 2.05) is 74.6 Å². The summed E-state index contributed by atoms with van der Waals surface area (Å²) < 4.78 is 27.0. The third-order valence-electron chi connectivity index (χ3n) is 4.61. The van der Waals surface area contributed by atoms with Crippen LogP contribution in [0.5, 0.6) is 0 Å². The molecule has 4 rings (SSSR count). The van der Waals surface area contributed by atoms with Crippen molar-refractivity contribution in [2.24, 2.45) is 7.05 Å². The average molecular weight is 416 g/mol. The van der Waals surface area contributed by atoms with E-state index in [0.29, 0.717) is 11.5 Å². The van der Waals surface area contributed by atoms with Gasteiger partial charge in [-0.15, -0.1) is 0 Å². The molecule has 28 heavy (non-hydrogen) atoms. The van der Waals surface area contributed by atoms with Gasteiger partial charge in [-0.25, -0.2) is 0 Å². The van der Waals surface area contributed by atoms with Gasteiger partial charge < -0.3 is 0 Å². The molecule has 0 bridgehead atoms. The van der Waals surface area contributed by atoms with Crippen molar-refractivity contribution < 1.29 is 18.1 Å². The van der Waals surface area contributed by atoms with Gasteiger partial charge in [-0.1, -0.05) is 0 Å². The van der Waals surface area contributed by atoms with Crippen LogP contribution >= 0.6 is 15.9 Å². The first-order valence-electron chi connectivity index (χ1n) is 8.79. The zero-order valence-corrected chi connectivity index (χ0v) is 18.0. The Morgan fingerprint density at radius 2 is 1.32 bits per heavy atom. The summed E-state index contributed by atoms with van der Waals surface area (Å²) >= 11 is 0. The van der Waals surface area contributed by atoms with E-state index >= 15 is 0 Å². The van der Waals surface area contributed by atoms with Crippen molar-refractivity contribution in [1.29, 1.82) is 0 Å². The Morgan fingerprint density at radius 1 is 0.857 bits per heavy atom. The van der Waals surface area contributed by atoms with E-state index < -0.39 is 7.51 Å². The number of nitrogens with zero attached hydrogens (tertiary/aromatic N) is 2. The second-order valence-electron chi connectivity index (χ2n) is 6.35. The fourth-order valence-electron chi connectivity index (χ4n) is 3.28. The van der Waals surface area contributed by atoms with Crippen molar-refractivity contribution >= 4 is 32.4 Å². The number of aromatic nitrogens is 2. The van der Waals surface area contributed by atoms with E-state index in [1.165, 1.54) is 0 Å². The Balaban J connectivity index is 1.96. The molecule has 1 aliphatic rings. The van der Waals surface area contributed by atoms with Crippen LogP contribution in [0.4, 0.5) is 0 Å². The molecular formula is C20H22N2O4P2. The molecule has 1 aromatic heterocycles. The van der Waals surface area contributed by atoms with Crippen LogP contribution in [-0.4, -0.2) is 23.8 Å². The standard InChI is InChI=1S/C20H22N2O4P2/c1-15-20(27-22(2)21-15)28(23-3,24-4)25-18(16-11-7-5-8-12-16)19(26-28)17-13-9-6-10-14-17/h5-14H,1-4H3. The normalized spacial score (nSPS) is 19.1. The summed E-state index contributed by atoms with van der Waals surface area (Å²) in [4.78, 5) is 0. The van der Waals surface area contributed by atoms with Crippen molar-refractivity contribution in [3.05, 3.63) is 77.5 Å². The van der Waals surface area contributed by atoms with E-state index in [2.05, 4.69) is 5.10 Å². The predicted molar refractivity (Wildman–Crippen MR) is 113 cm³/mol. The van der Waals surface area contributed by atoms with Gasteiger partial charge in [0.05, 0.1) is 0 Å². The summed E-state index contributed by atoms with van der Waals surface area (Å²) in [5, 5.41) is 5.25. The molecule has 0 saturated heterocycles. The fourth-order valence-corrected chi connectivity index (χ4v) is 8.21. The Kier molecular flexibility index (Phi) is 4.76. The number of hydrogen-bond acceptors (Lipinski definition) is 5. The topological polar surface area (TPSA) is 54.7 Å². The van der Waals surface area contributed by atoms with E-state index in [9.17, 15) is 0 Å². The number of aryl methyl sites for hydroxylation is 2. The molecule has 0 amide bonds. The van der Waals surface area contributed by atoms with Crippen molar-refractivity contribution in [2.45, 2.75) is 6.92 Å². The Morgan fingerprint density at radius 3 is 1.68 bits per heavy atom. The maximum absolute atomic E-state index is 6.58. The molecule has 3 aromatic rings. The molecule has 146 valence electrons. The van der Waals surface area contributed by atoms with E-state index in [-0.39, 0.29) is 0 Å². The van der Waals surface area contributed by atoms with Crippen LogP contribution < -0.4 is 5.04 Å². The number of rotatable bonds is 5. The first-order valence-corrected chi connectivity index (χ1v) is 11.5. The summed E-state index contributed by atoms with van der Waals surface area (Å²) in [5.41, 5.74) is 2.55. The molecule has 2 aromatic carbocycles. The monoisotopic (exact) mass is 416 g/mol. The van der Waals surface area contributed by atoms with Gasteiger partial charge in [-0.05, 0) is 0 Å². The van der Waals surface area contributed by atoms with Crippen LogP contribution in [0.3, 0.4) is 0 Å². The summed E-state index contributed by atoms with van der Waals surface area (Å²) in [7, 11) is 1.67. The quantitative estimate of drug-likeness (QED) is 0.547. The van der Waals surface area contributed by atoms with Gasteiger partial charge in [0.15, 0.2) is 0 Å². The molecule has 6 nitrogen and oxygen atoms in total. The van der Waals surface area contributed by atoms with E-state index in [0.717, 1.165) is 30.2 Å². The van der Waals surface area contributed by atoms with Crippen LogP contribution in [-0.2, 0) is 25.1 Å². The van der Waals surface area contributed by atoms with E-state index in [1.54, 1.807) is 18.7 Å². The van der Waals surface area contributed by atoms with Gasteiger partial charge in [0.25, 0.3) is 0 Å². The SMILES string of the molecule is COP1(OC)(c2pn(C)nc2C)OC(c2ccccc2)=C(c2ccccc2)O1. The average Bonchev–Trinajstić information content (AvgIpc) is 3.29. The maximum atomic E-state index is 6.58. The molecule has 0 unspecified atom stereocenters. The van der Waals surface area contributed by atoms with Gasteiger partial charge in [0.1, 0.15) is 0 Å². The van der Waals surface area contributed by atoms with Gasteiger partial charge in [-0.3, -0.25) is 0 Å². The van der Waals surface area contributed by atoms with Gasteiger partial charge >= 0.3 is 166 Å². The third-order valence-corrected chi connectivity index (χ3v) is 10.0. The second-order valence-corrected chi connectivity index (χ2v) is 11.1. The van der Waals surface area contributed by atoms with Crippen molar-refractivity contribution in [3.8, 4) is 0 Å². The molecule has 0 fully saturated rings. The summed E-state index contributed by atoms with van der Waals surface area (Å²) in [6, 6.07) is 19.7. The number of benzene rings is 2. The van der Waals surface area contributed by atoms with Gasteiger partial charge in [0.2, 0.25) is 0 Å². The van der Waals surface area contributed by atoms with Crippen LogP contribution in [0.1, 0.15) is 16.8 Å². The zero-order chi connectivity index (χ0) is 19.8. The minimum absolute atomic E-state index is 0.596. The molecular weight excluding hydrogens is 394 g/mol. The first kappa shape index (κ1) is 19.1. The third kappa shape index (κ3) is 2.85. The van der Waals surface area contributed by atoms with Gasteiger partial charge in [0, 0.05) is 0 Å². The number of hydrogen-bond donors (Lipinski definition) is 0. The minimum atomic E-state index is -4.14. The molecule has 2 heterocycles. The first-order chi connectivity index (χ1) is 13.5. The molecule has 0 aliphatic carbocycles. The Labute approximate surface area is 166 Å². The Hall–Kier alpha value is -2.23.